The topological polar surface area (TPSA) is 43.8 Å². The molecule has 1 saturated heterocycles. The molecule has 0 aromatic heterocycles. The molecule has 0 bridgehead atoms. The number of carboxylic acid groups (broad SMARTS) is 1. The highest BCUT2D eigenvalue weighted by atomic mass is 16.4. The third kappa shape index (κ3) is 2.83. The number of carbonyl (C=O) groups is 1. The van der Waals surface area contributed by atoms with E-state index in [0.717, 1.165) is 18.8 Å². The maximum Gasteiger partial charge on any atom is 0.331 e. The minimum absolute atomic E-state index is 0.327. The van der Waals surface area contributed by atoms with Gasteiger partial charge in [0, 0.05) is 30.4 Å². The molecule has 15 heavy (non-hydrogen) atoms. The van der Waals surface area contributed by atoms with Crippen molar-refractivity contribution in [3.63, 3.8) is 0 Å². The van der Waals surface area contributed by atoms with Crippen molar-refractivity contribution in [3.8, 4) is 0 Å². The molecule has 0 aromatic rings. The second-order valence-electron chi connectivity index (χ2n) is 4.15. The SMILES string of the molecule is C=C(/C=C(\C)C(=O)O)N1CC(N(C)C)C1. The van der Waals surface area contributed by atoms with Crippen LogP contribution in [-0.4, -0.2) is 54.1 Å². The number of allylic oxidation sites excluding steroid dienone is 1. The van der Waals surface area contributed by atoms with Gasteiger partial charge in [-0.3, -0.25) is 0 Å². The Morgan fingerprint density at radius 1 is 1.53 bits per heavy atom. The summed E-state index contributed by atoms with van der Waals surface area (Å²) in [6, 6.07) is 0.556. The fourth-order valence-corrected chi connectivity index (χ4v) is 1.42. The fraction of sp³-hybridized carbons (Fsp3) is 0.545. The van der Waals surface area contributed by atoms with E-state index in [2.05, 4.69) is 16.4 Å². The van der Waals surface area contributed by atoms with Gasteiger partial charge in [-0.2, -0.15) is 0 Å². The minimum atomic E-state index is -0.888. The van der Waals surface area contributed by atoms with Crippen LogP contribution in [0.2, 0.25) is 0 Å². The van der Waals surface area contributed by atoms with E-state index in [-0.39, 0.29) is 0 Å². The molecule has 0 atom stereocenters. The van der Waals surface area contributed by atoms with Gasteiger partial charge in [-0.05, 0) is 27.1 Å². The number of hydrogen-bond donors (Lipinski definition) is 1. The summed E-state index contributed by atoms with van der Waals surface area (Å²) < 4.78 is 0. The third-order valence-corrected chi connectivity index (χ3v) is 2.72. The van der Waals surface area contributed by atoms with Crippen LogP contribution in [0.3, 0.4) is 0 Å². The molecule has 1 heterocycles. The van der Waals surface area contributed by atoms with E-state index in [4.69, 9.17) is 5.11 Å². The van der Waals surface area contributed by atoms with Crippen LogP contribution in [0.5, 0.6) is 0 Å². The van der Waals surface area contributed by atoms with Crippen LogP contribution in [0.25, 0.3) is 0 Å². The predicted molar refractivity (Wildman–Crippen MR) is 59.6 cm³/mol. The van der Waals surface area contributed by atoms with E-state index in [0.29, 0.717) is 11.6 Å². The van der Waals surface area contributed by atoms with Gasteiger partial charge < -0.3 is 14.9 Å². The first-order chi connectivity index (χ1) is 6.91. The molecule has 0 unspecified atom stereocenters. The van der Waals surface area contributed by atoms with E-state index < -0.39 is 5.97 Å². The van der Waals surface area contributed by atoms with E-state index in [1.165, 1.54) is 0 Å². The van der Waals surface area contributed by atoms with Gasteiger partial charge in [0.1, 0.15) is 0 Å². The van der Waals surface area contributed by atoms with Gasteiger partial charge in [0.15, 0.2) is 0 Å². The molecular formula is C11H18N2O2. The first-order valence-corrected chi connectivity index (χ1v) is 4.93. The number of likely N-dealkylation sites (tertiary alicyclic amines) is 1. The Balaban J connectivity index is 2.46. The summed E-state index contributed by atoms with van der Waals surface area (Å²) in [7, 11) is 4.09. The average molecular weight is 210 g/mol. The Morgan fingerprint density at radius 2 is 2.07 bits per heavy atom. The van der Waals surface area contributed by atoms with Crippen molar-refractivity contribution >= 4 is 5.97 Å². The molecule has 0 saturated carbocycles. The molecule has 0 spiro atoms. The van der Waals surface area contributed by atoms with E-state index in [9.17, 15) is 4.79 Å². The summed E-state index contributed by atoms with van der Waals surface area (Å²) in [5.41, 5.74) is 1.11. The van der Waals surface area contributed by atoms with Crippen LogP contribution < -0.4 is 0 Å². The summed E-state index contributed by atoms with van der Waals surface area (Å²) >= 11 is 0. The second kappa shape index (κ2) is 4.49. The van der Waals surface area contributed by atoms with Gasteiger partial charge in [0.25, 0.3) is 0 Å². The lowest BCUT2D eigenvalue weighted by atomic mass is 10.1. The molecule has 4 heteroatoms. The van der Waals surface area contributed by atoms with Crippen molar-refractivity contribution < 1.29 is 9.90 Å². The van der Waals surface area contributed by atoms with E-state index >= 15 is 0 Å². The maximum atomic E-state index is 10.6. The average Bonchev–Trinajstić information content (AvgIpc) is 1.99. The smallest absolute Gasteiger partial charge is 0.331 e. The molecule has 1 fully saturated rings. The Bertz CT molecular complexity index is 302. The Kier molecular flexibility index (Phi) is 3.52. The van der Waals surface area contributed by atoms with Crippen molar-refractivity contribution in [2.45, 2.75) is 13.0 Å². The van der Waals surface area contributed by atoms with Gasteiger partial charge in [-0.15, -0.1) is 0 Å². The summed E-state index contributed by atoms with van der Waals surface area (Å²) in [5, 5.41) is 8.71. The number of likely N-dealkylation sites (N-methyl/N-ethyl adjacent to an activating group) is 1. The first kappa shape index (κ1) is 11.8. The Morgan fingerprint density at radius 3 is 2.47 bits per heavy atom. The zero-order chi connectivity index (χ0) is 11.6. The summed E-state index contributed by atoms with van der Waals surface area (Å²) in [4.78, 5) is 14.8. The van der Waals surface area contributed by atoms with Crippen molar-refractivity contribution in [3.05, 3.63) is 23.9 Å². The van der Waals surface area contributed by atoms with Gasteiger partial charge in [0.2, 0.25) is 0 Å². The highest BCUT2D eigenvalue weighted by Gasteiger charge is 2.28. The fourth-order valence-electron chi connectivity index (χ4n) is 1.42. The summed E-state index contributed by atoms with van der Waals surface area (Å²) in [6.45, 7) is 7.29. The lowest BCUT2D eigenvalue weighted by Crippen LogP contribution is -2.56. The molecule has 4 nitrogen and oxygen atoms in total. The van der Waals surface area contributed by atoms with Gasteiger partial charge >= 0.3 is 5.97 Å². The van der Waals surface area contributed by atoms with Crippen molar-refractivity contribution in [2.75, 3.05) is 27.2 Å². The van der Waals surface area contributed by atoms with Crippen molar-refractivity contribution in [1.29, 1.82) is 0 Å². The quantitative estimate of drug-likeness (QED) is 0.550. The summed E-state index contributed by atoms with van der Waals surface area (Å²) in [6.07, 6.45) is 1.62. The van der Waals surface area contributed by atoms with Crippen LogP contribution in [-0.2, 0) is 4.79 Å². The number of nitrogens with zero attached hydrogens (tertiary/aromatic N) is 2. The van der Waals surface area contributed by atoms with Crippen LogP contribution >= 0.6 is 0 Å². The molecule has 1 N–H and O–H groups in total. The zero-order valence-electron chi connectivity index (χ0n) is 9.53. The lowest BCUT2D eigenvalue weighted by Gasteiger charge is -2.44. The standard InChI is InChI=1S/C11H18N2O2/c1-8(11(14)15)5-9(2)13-6-10(7-13)12(3)4/h5,10H,2,6-7H2,1,3-4H3,(H,14,15)/b8-5+. The largest absolute Gasteiger partial charge is 0.478 e. The first-order valence-electron chi connectivity index (χ1n) is 4.93. The number of carboxylic acids is 1. The highest BCUT2D eigenvalue weighted by molar-refractivity contribution is 5.86. The molecular weight excluding hydrogens is 192 g/mol. The number of hydrogen-bond acceptors (Lipinski definition) is 3. The molecule has 0 aromatic carbocycles. The van der Waals surface area contributed by atoms with Gasteiger partial charge in [0.05, 0.1) is 0 Å². The normalized spacial score (nSPS) is 17.9. The zero-order valence-corrected chi connectivity index (χ0v) is 9.53. The van der Waals surface area contributed by atoms with Crippen LogP contribution in [0.15, 0.2) is 23.9 Å². The Hall–Kier alpha value is -1.29. The molecule has 1 rings (SSSR count). The summed E-state index contributed by atoms with van der Waals surface area (Å²) in [5.74, 6) is -0.888. The molecule has 1 aliphatic heterocycles. The monoisotopic (exact) mass is 210 g/mol. The second-order valence-corrected chi connectivity index (χ2v) is 4.15. The molecule has 1 aliphatic rings. The highest BCUT2D eigenvalue weighted by Crippen LogP contribution is 2.18. The van der Waals surface area contributed by atoms with Crippen LogP contribution in [0, 0.1) is 0 Å². The molecule has 0 radical (unpaired) electrons. The Labute approximate surface area is 90.5 Å². The lowest BCUT2D eigenvalue weighted by molar-refractivity contribution is -0.132. The van der Waals surface area contributed by atoms with Gasteiger partial charge in [-0.1, -0.05) is 6.58 Å². The van der Waals surface area contributed by atoms with Gasteiger partial charge in [-0.25, -0.2) is 4.79 Å². The number of aliphatic carboxylic acids is 1. The van der Waals surface area contributed by atoms with Crippen molar-refractivity contribution in [2.24, 2.45) is 0 Å². The van der Waals surface area contributed by atoms with Crippen molar-refractivity contribution in [1.82, 2.24) is 9.80 Å². The molecule has 0 aliphatic carbocycles. The molecule has 84 valence electrons. The van der Waals surface area contributed by atoms with Crippen LogP contribution in [0.1, 0.15) is 6.92 Å². The van der Waals surface area contributed by atoms with Crippen LogP contribution in [0.4, 0.5) is 0 Å². The van der Waals surface area contributed by atoms with E-state index in [1.54, 1.807) is 13.0 Å². The predicted octanol–water partition coefficient (Wildman–Crippen LogP) is 0.777. The molecule has 0 amide bonds. The number of rotatable bonds is 4. The van der Waals surface area contributed by atoms with E-state index in [1.807, 2.05) is 14.1 Å². The minimum Gasteiger partial charge on any atom is -0.478 e. The third-order valence-electron chi connectivity index (χ3n) is 2.72. The maximum absolute atomic E-state index is 10.6.